The number of carbonyl (C=O) groups is 2. The molecule has 5 heteroatoms. The Morgan fingerprint density at radius 1 is 1.18 bits per heavy atom. The average molecular weight is 304 g/mol. The van der Waals surface area contributed by atoms with Crippen LogP contribution in [0.15, 0.2) is 30.3 Å². The number of rotatable bonds is 3. The van der Waals surface area contributed by atoms with Gasteiger partial charge in [-0.1, -0.05) is 12.1 Å². The third-order valence-electron chi connectivity index (χ3n) is 3.93. The summed E-state index contributed by atoms with van der Waals surface area (Å²) >= 11 is 0. The van der Waals surface area contributed by atoms with Crippen molar-refractivity contribution in [3.8, 4) is 0 Å². The van der Waals surface area contributed by atoms with Gasteiger partial charge in [0.25, 0.3) is 0 Å². The fourth-order valence-electron chi connectivity index (χ4n) is 2.57. The van der Waals surface area contributed by atoms with Crippen molar-refractivity contribution in [2.75, 3.05) is 13.1 Å². The number of amides is 2. The average Bonchev–Trinajstić information content (AvgIpc) is 2.48. The van der Waals surface area contributed by atoms with Gasteiger partial charge in [0.1, 0.15) is 5.82 Å². The van der Waals surface area contributed by atoms with E-state index in [2.05, 4.69) is 5.32 Å². The molecular weight excluding hydrogens is 283 g/mol. The highest BCUT2D eigenvalue weighted by atomic mass is 19.1. The molecule has 1 saturated heterocycles. The number of allylic oxidation sites excluding steroid dienone is 1. The monoisotopic (exact) mass is 304 g/mol. The predicted molar refractivity (Wildman–Crippen MR) is 83.5 cm³/mol. The summed E-state index contributed by atoms with van der Waals surface area (Å²) in [5, 5.41) is 2.96. The second kappa shape index (κ2) is 7.20. The highest BCUT2D eigenvalue weighted by Gasteiger charge is 2.21. The van der Waals surface area contributed by atoms with E-state index in [1.807, 2.05) is 6.92 Å². The summed E-state index contributed by atoms with van der Waals surface area (Å²) in [6, 6.07) is 6.16. The lowest BCUT2D eigenvalue weighted by molar-refractivity contribution is -0.129. The van der Waals surface area contributed by atoms with Crippen molar-refractivity contribution in [3.63, 3.8) is 0 Å². The maximum absolute atomic E-state index is 12.9. The van der Waals surface area contributed by atoms with Gasteiger partial charge >= 0.3 is 0 Å². The first kappa shape index (κ1) is 16.2. The largest absolute Gasteiger partial charge is 0.350 e. The second-order valence-electron chi connectivity index (χ2n) is 5.62. The molecule has 0 aromatic heterocycles. The van der Waals surface area contributed by atoms with Gasteiger partial charge in [-0.2, -0.15) is 0 Å². The molecule has 4 nitrogen and oxygen atoms in total. The Bertz CT molecular complexity index is 573. The normalized spacial score (nSPS) is 16.5. The van der Waals surface area contributed by atoms with E-state index in [1.165, 1.54) is 18.2 Å². The number of nitrogens with zero attached hydrogens (tertiary/aromatic N) is 1. The minimum absolute atomic E-state index is 0.0804. The smallest absolute Gasteiger partial charge is 0.244 e. The van der Waals surface area contributed by atoms with Gasteiger partial charge < -0.3 is 10.2 Å². The van der Waals surface area contributed by atoms with Gasteiger partial charge in [-0.25, -0.2) is 4.39 Å². The van der Waals surface area contributed by atoms with Crippen LogP contribution in [0, 0.1) is 5.82 Å². The number of piperidine rings is 1. The first-order chi connectivity index (χ1) is 10.5. The Balaban J connectivity index is 1.89. The van der Waals surface area contributed by atoms with Crippen molar-refractivity contribution >= 4 is 17.4 Å². The first-order valence-corrected chi connectivity index (χ1v) is 7.46. The summed E-state index contributed by atoms with van der Waals surface area (Å²) in [6.45, 7) is 4.75. The quantitative estimate of drug-likeness (QED) is 0.872. The molecule has 0 spiro atoms. The van der Waals surface area contributed by atoms with E-state index < -0.39 is 0 Å². The standard InChI is InChI=1S/C17H21FN2O2/c1-12(14-3-5-15(18)6-4-14)11-17(22)19-16-7-9-20(10-8-16)13(2)21/h3-6,11,16H,7-10H2,1-2H3,(H,19,22)/b12-11+. The molecule has 1 aromatic carbocycles. The van der Waals surface area contributed by atoms with Gasteiger partial charge in [-0.05, 0) is 43.0 Å². The maximum Gasteiger partial charge on any atom is 0.244 e. The van der Waals surface area contributed by atoms with Crippen LogP contribution >= 0.6 is 0 Å². The van der Waals surface area contributed by atoms with Gasteiger partial charge in [0.05, 0.1) is 0 Å². The topological polar surface area (TPSA) is 49.4 Å². The SMILES string of the molecule is CC(=O)N1CCC(NC(=O)/C=C(\C)c2ccc(F)cc2)CC1. The zero-order valence-corrected chi connectivity index (χ0v) is 12.9. The summed E-state index contributed by atoms with van der Waals surface area (Å²) in [6.07, 6.45) is 3.08. The first-order valence-electron chi connectivity index (χ1n) is 7.46. The Kier molecular flexibility index (Phi) is 5.31. The molecule has 1 fully saturated rings. The van der Waals surface area contributed by atoms with Crippen molar-refractivity contribution in [2.45, 2.75) is 32.7 Å². The molecule has 22 heavy (non-hydrogen) atoms. The van der Waals surface area contributed by atoms with Gasteiger partial charge in [-0.3, -0.25) is 9.59 Å². The summed E-state index contributed by atoms with van der Waals surface area (Å²) < 4.78 is 12.9. The predicted octanol–water partition coefficient (Wildman–Crippen LogP) is 2.36. The van der Waals surface area contributed by atoms with E-state index >= 15 is 0 Å². The molecule has 2 amide bonds. The third kappa shape index (κ3) is 4.41. The van der Waals surface area contributed by atoms with E-state index in [1.54, 1.807) is 24.0 Å². The van der Waals surface area contributed by atoms with E-state index in [-0.39, 0.29) is 23.7 Å². The minimum Gasteiger partial charge on any atom is -0.350 e. The minimum atomic E-state index is -0.293. The van der Waals surface area contributed by atoms with E-state index in [0.29, 0.717) is 13.1 Å². The molecule has 0 aliphatic carbocycles. The van der Waals surface area contributed by atoms with Crippen LogP contribution in [0.4, 0.5) is 4.39 Å². The van der Waals surface area contributed by atoms with E-state index in [4.69, 9.17) is 0 Å². The van der Waals surface area contributed by atoms with Crippen LogP contribution in [-0.4, -0.2) is 35.8 Å². The highest BCUT2D eigenvalue weighted by molar-refractivity contribution is 5.95. The van der Waals surface area contributed by atoms with Crippen molar-refractivity contribution in [1.29, 1.82) is 0 Å². The zero-order valence-electron chi connectivity index (χ0n) is 12.9. The Labute approximate surface area is 130 Å². The number of halogens is 1. The van der Waals surface area contributed by atoms with Crippen molar-refractivity contribution in [1.82, 2.24) is 10.2 Å². The maximum atomic E-state index is 12.9. The number of nitrogens with one attached hydrogen (secondary N) is 1. The molecule has 0 atom stereocenters. The van der Waals surface area contributed by atoms with Crippen molar-refractivity contribution in [3.05, 3.63) is 41.7 Å². The number of carbonyl (C=O) groups excluding carboxylic acids is 2. The Hall–Kier alpha value is -2.17. The van der Waals surface area contributed by atoms with E-state index in [9.17, 15) is 14.0 Å². The second-order valence-corrected chi connectivity index (χ2v) is 5.62. The van der Waals surface area contributed by atoms with Crippen LogP contribution in [0.5, 0.6) is 0 Å². The van der Waals surface area contributed by atoms with Gasteiger partial charge in [0.15, 0.2) is 0 Å². The van der Waals surface area contributed by atoms with Crippen molar-refractivity contribution in [2.24, 2.45) is 0 Å². The van der Waals surface area contributed by atoms with E-state index in [0.717, 1.165) is 24.0 Å². The molecule has 0 radical (unpaired) electrons. The third-order valence-corrected chi connectivity index (χ3v) is 3.93. The van der Waals surface area contributed by atoms with Crippen LogP contribution in [0.25, 0.3) is 5.57 Å². The molecule has 118 valence electrons. The molecular formula is C17H21FN2O2. The number of likely N-dealkylation sites (tertiary alicyclic amines) is 1. The Morgan fingerprint density at radius 2 is 1.77 bits per heavy atom. The summed E-state index contributed by atoms with van der Waals surface area (Å²) in [7, 11) is 0. The molecule has 1 aromatic rings. The van der Waals surface area contributed by atoms with Crippen LogP contribution < -0.4 is 5.32 Å². The lowest BCUT2D eigenvalue weighted by Crippen LogP contribution is -2.45. The molecule has 0 bridgehead atoms. The fourth-order valence-corrected chi connectivity index (χ4v) is 2.57. The fraction of sp³-hybridized carbons (Fsp3) is 0.412. The van der Waals surface area contributed by atoms with Crippen LogP contribution in [0.3, 0.4) is 0 Å². The number of hydrogen-bond acceptors (Lipinski definition) is 2. The molecule has 1 N–H and O–H groups in total. The molecule has 1 heterocycles. The number of hydrogen-bond donors (Lipinski definition) is 1. The van der Waals surface area contributed by atoms with Crippen LogP contribution in [-0.2, 0) is 9.59 Å². The molecule has 1 aliphatic heterocycles. The molecule has 0 unspecified atom stereocenters. The van der Waals surface area contributed by atoms with Crippen molar-refractivity contribution < 1.29 is 14.0 Å². The molecule has 1 aliphatic rings. The summed E-state index contributed by atoms with van der Waals surface area (Å²) in [5.74, 6) is -0.363. The van der Waals surface area contributed by atoms with Crippen LogP contribution in [0.1, 0.15) is 32.3 Å². The highest BCUT2D eigenvalue weighted by Crippen LogP contribution is 2.15. The van der Waals surface area contributed by atoms with Crippen LogP contribution in [0.2, 0.25) is 0 Å². The lowest BCUT2D eigenvalue weighted by Gasteiger charge is -2.31. The summed E-state index contributed by atoms with van der Waals surface area (Å²) in [4.78, 5) is 25.1. The molecule has 0 saturated carbocycles. The van der Waals surface area contributed by atoms with Gasteiger partial charge in [0, 0.05) is 32.1 Å². The zero-order chi connectivity index (χ0) is 16.1. The summed E-state index contributed by atoms with van der Waals surface area (Å²) in [5.41, 5.74) is 1.61. The van der Waals surface area contributed by atoms with Gasteiger partial charge in [0.2, 0.25) is 11.8 Å². The number of benzene rings is 1. The van der Waals surface area contributed by atoms with Gasteiger partial charge in [-0.15, -0.1) is 0 Å². The Morgan fingerprint density at radius 3 is 2.32 bits per heavy atom. The molecule has 2 rings (SSSR count). The lowest BCUT2D eigenvalue weighted by atomic mass is 10.0.